The van der Waals surface area contributed by atoms with Gasteiger partial charge in [-0.1, -0.05) is 74.3 Å². The summed E-state index contributed by atoms with van der Waals surface area (Å²) in [7, 11) is -2.02. The Bertz CT molecular complexity index is 849. The number of amides is 1. The number of esters is 2. The number of hydrogen-bond donors (Lipinski definition) is 1. The summed E-state index contributed by atoms with van der Waals surface area (Å²) in [6.07, 6.45) is 2.46. The number of halogens is 3. The van der Waals surface area contributed by atoms with Crippen LogP contribution in [0.3, 0.4) is 0 Å². The molecule has 0 heterocycles. The van der Waals surface area contributed by atoms with E-state index in [2.05, 4.69) is 45.8 Å². The highest BCUT2D eigenvalue weighted by molar-refractivity contribution is 8.04. The number of alkyl halides is 3. The monoisotopic (exact) mass is 633 g/mol. The van der Waals surface area contributed by atoms with Crippen LogP contribution in [-0.2, 0) is 28.2 Å². The molecule has 0 saturated carbocycles. The van der Waals surface area contributed by atoms with Crippen LogP contribution in [0.2, 0.25) is 18.1 Å². The molecule has 0 rings (SSSR count). The van der Waals surface area contributed by atoms with E-state index in [4.69, 9.17) is 53.4 Å². The van der Waals surface area contributed by atoms with Crippen LogP contribution < -0.4 is 5.32 Å². The summed E-state index contributed by atoms with van der Waals surface area (Å²) < 4.78 is 20.1. The normalized spacial score (nSPS) is 14.8. The smallest absolute Gasteiger partial charge is 0.408 e. The fourth-order valence-corrected chi connectivity index (χ4v) is 5.03. The predicted molar refractivity (Wildman–Crippen MR) is 158 cm³/mol. The van der Waals surface area contributed by atoms with E-state index in [0.717, 1.165) is 11.8 Å². The first-order valence-electron chi connectivity index (χ1n) is 12.1. The Balaban J connectivity index is 5.71. The van der Waals surface area contributed by atoms with Gasteiger partial charge in [0.2, 0.25) is 3.79 Å². The second-order valence-electron chi connectivity index (χ2n) is 11.1. The maximum Gasteiger partial charge on any atom is 0.408 e. The van der Waals surface area contributed by atoms with Crippen LogP contribution in [0, 0.1) is 0 Å². The van der Waals surface area contributed by atoms with Crippen molar-refractivity contribution < 1.29 is 33.0 Å². The van der Waals surface area contributed by atoms with Gasteiger partial charge in [0.05, 0.1) is 4.91 Å². The molecule has 220 valence electrons. The van der Waals surface area contributed by atoms with Crippen LogP contribution in [0.15, 0.2) is 23.6 Å². The van der Waals surface area contributed by atoms with E-state index >= 15 is 0 Å². The second kappa shape index (κ2) is 15.8. The molecule has 0 aliphatic carbocycles. The van der Waals surface area contributed by atoms with Crippen molar-refractivity contribution in [1.82, 2.24) is 5.32 Å². The van der Waals surface area contributed by atoms with Gasteiger partial charge >= 0.3 is 18.0 Å². The van der Waals surface area contributed by atoms with Crippen LogP contribution >= 0.6 is 46.6 Å². The summed E-state index contributed by atoms with van der Waals surface area (Å²) in [6.45, 7) is 20.8. The van der Waals surface area contributed by atoms with Gasteiger partial charge in [0, 0.05) is 11.9 Å². The summed E-state index contributed by atoms with van der Waals surface area (Å²) in [5, 5.41) is 2.45. The average molecular weight is 635 g/mol. The number of carbonyl (C=O) groups is 3. The molecule has 0 saturated heterocycles. The molecule has 1 N–H and O–H groups in total. The molecule has 0 aliphatic rings. The van der Waals surface area contributed by atoms with E-state index in [9.17, 15) is 14.4 Å². The Kier molecular flexibility index (Phi) is 15.4. The number of thioether (sulfide) groups is 1. The maximum atomic E-state index is 12.8. The predicted octanol–water partition coefficient (Wildman–Crippen LogP) is 6.94. The first-order chi connectivity index (χ1) is 17.1. The van der Waals surface area contributed by atoms with E-state index in [1.807, 2.05) is 6.92 Å². The third kappa shape index (κ3) is 16.3. The minimum absolute atomic E-state index is 0.0177. The Morgan fingerprint density at radius 3 is 2.11 bits per heavy atom. The molecular weight excluding hydrogens is 593 g/mol. The van der Waals surface area contributed by atoms with Gasteiger partial charge in [-0.05, 0) is 52.2 Å². The van der Waals surface area contributed by atoms with Gasteiger partial charge < -0.3 is 24.0 Å². The highest BCUT2D eigenvalue weighted by Crippen LogP contribution is 2.37. The number of hydrogen-bond acceptors (Lipinski definition) is 8. The molecule has 38 heavy (non-hydrogen) atoms. The molecule has 0 fully saturated rings. The largest absolute Gasteiger partial charge is 0.458 e. The van der Waals surface area contributed by atoms with Gasteiger partial charge in [-0.25, -0.2) is 14.4 Å². The fourth-order valence-electron chi connectivity index (χ4n) is 2.45. The molecule has 0 spiro atoms. The topological polar surface area (TPSA) is 100 Å². The molecule has 1 amide bonds. The molecule has 0 unspecified atom stereocenters. The van der Waals surface area contributed by atoms with Crippen molar-refractivity contribution in [2.45, 2.75) is 94.6 Å². The standard InChI is InChI=1S/C25H42Cl3NO7SSi/c1-11-14-33-21(31)19(13-12-17(2)36-38(9,10)24(6,7)8)37-15-18(20(30)35-23(3,4)5)29-22(32)34-16-25(26,27)28/h11,13,17-18H,1,12,14-16H2,2-10H3,(H,29,32)/b19-13-/t17-,18+/m0/s1. The van der Waals surface area contributed by atoms with Crippen LogP contribution in [0.5, 0.6) is 0 Å². The molecular formula is C25H42Cl3NO7SSi. The van der Waals surface area contributed by atoms with Gasteiger partial charge in [0.1, 0.15) is 24.9 Å². The van der Waals surface area contributed by atoms with Crippen molar-refractivity contribution in [3.05, 3.63) is 23.6 Å². The lowest BCUT2D eigenvalue weighted by molar-refractivity contribution is -0.156. The fraction of sp³-hybridized carbons (Fsp3) is 0.720. The van der Waals surface area contributed by atoms with Crippen LogP contribution in [-0.4, -0.2) is 66.9 Å². The summed E-state index contributed by atoms with van der Waals surface area (Å²) >= 11 is 17.9. The molecule has 0 aromatic rings. The minimum atomic E-state index is -2.02. The van der Waals surface area contributed by atoms with E-state index in [1.165, 1.54) is 6.08 Å². The first-order valence-corrected chi connectivity index (χ1v) is 17.1. The van der Waals surface area contributed by atoms with Crippen LogP contribution in [0.25, 0.3) is 0 Å². The zero-order valence-electron chi connectivity index (χ0n) is 23.7. The number of carbonyl (C=O) groups excluding carboxylic acids is 3. The molecule has 0 aromatic carbocycles. The van der Waals surface area contributed by atoms with Gasteiger partial charge in [0.25, 0.3) is 0 Å². The van der Waals surface area contributed by atoms with Crippen molar-refractivity contribution in [3.8, 4) is 0 Å². The van der Waals surface area contributed by atoms with Crippen molar-refractivity contribution in [3.63, 3.8) is 0 Å². The lowest BCUT2D eigenvalue weighted by Gasteiger charge is -2.38. The Morgan fingerprint density at radius 2 is 1.63 bits per heavy atom. The summed E-state index contributed by atoms with van der Waals surface area (Å²) in [4.78, 5) is 38.1. The van der Waals surface area contributed by atoms with Crippen LogP contribution in [0.4, 0.5) is 4.79 Å². The molecule has 13 heteroatoms. The van der Waals surface area contributed by atoms with Gasteiger partial charge in [-0.2, -0.15) is 0 Å². The van der Waals surface area contributed by atoms with Crippen molar-refractivity contribution >= 4 is 72.9 Å². The Labute approximate surface area is 247 Å². The molecule has 0 aliphatic heterocycles. The quantitative estimate of drug-likeness (QED) is 0.0581. The van der Waals surface area contributed by atoms with E-state index in [0.29, 0.717) is 6.42 Å². The average Bonchev–Trinajstić information content (AvgIpc) is 2.72. The minimum Gasteiger partial charge on any atom is -0.458 e. The number of rotatable bonds is 13. The van der Waals surface area contributed by atoms with Gasteiger partial charge in [-0.3, -0.25) is 0 Å². The number of ether oxygens (including phenoxy) is 3. The summed E-state index contributed by atoms with van der Waals surface area (Å²) in [5.74, 6) is -1.36. The summed E-state index contributed by atoms with van der Waals surface area (Å²) in [5.41, 5.74) is -0.818. The molecule has 0 aromatic heterocycles. The van der Waals surface area contributed by atoms with E-state index < -0.39 is 48.4 Å². The zero-order valence-corrected chi connectivity index (χ0v) is 27.8. The molecule has 8 nitrogen and oxygen atoms in total. The van der Waals surface area contributed by atoms with Crippen molar-refractivity contribution in [1.29, 1.82) is 0 Å². The second-order valence-corrected chi connectivity index (χ2v) is 19.4. The van der Waals surface area contributed by atoms with Crippen molar-refractivity contribution in [2.75, 3.05) is 19.0 Å². The summed E-state index contributed by atoms with van der Waals surface area (Å²) in [6, 6.07) is -1.17. The van der Waals surface area contributed by atoms with E-state index in [-0.39, 0.29) is 28.4 Å². The highest BCUT2D eigenvalue weighted by Gasteiger charge is 2.38. The third-order valence-corrected chi connectivity index (χ3v) is 11.3. The SMILES string of the molecule is C=CCOC(=O)/C(=C/C[C@H](C)O[Si](C)(C)C(C)(C)C)SC[C@@H](NC(=O)OCC(Cl)(Cl)Cl)C(=O)OC(C)(C)C. The van der Waals surface area contributed by atoms with E-state index in [1.54, 1.807) is 26.8 Å². The first kappa shape index (κ1) is 37.1. The Morgan fingerprint density at radius 1 is 1.05 bits per heavy atom. The maximum absolute atomic E-state index is 12.8. The number of alkyl carbamates (subject to hydrolysis) is 1. The van der Waals surface area contributed by atoms with Crippen LogP contribution in [0.1, 0.15) is 54.9 Å². The van der Waals surface area contributed by atoms with Gasteiger partial charge in [-0.15, -0.1) is 11.8 Å². The molecule has 2 atom stereocenters. The Hall–Kier alpha value is -0.913. The lowest BCUT2D eigenvalue weighted by atomic mass is 10.2. The number of nitrogens with one attached hydrogen (secondary N) is 1. The van der Waals surface area contributed by atoms with Crippen molar-refractivity contribution in [2.24, 2.45) is 0 Å². The highest BCUT2D eigenvalue weighted by atomic mass is 35.6. The zero-order chi connectivity index (χ0) is 29.9. The van der Waals surface area contributed by atoms with Gasteiger partial charge in [0.15, 0.2) is 8.32 Å². The molecule has 0 bridgehead atoms. The molecule has 0 radical (unpaired) electrons. The lowest BCUT2D eigenvalue weighted by Crippen LogP contribution is -2.46. The third-order valence-electron chi connectivity index (χ3n) is 5.23.